The molecule has 1 N–H and O–H groups in total. The summed E-state index contributed by atoms with van der Waals surface area (Å²) in [6.45, 7) is 4.65. The Morgan fingerprint density at radius 1 is 1.07 bits per heavy atom. The topological polar surface area (TPSA) is 75.7 Å². The monoisotopic (exact) mass is 390 g/mol. The molecule has 0 aromatic heterocycles. The minimum Gasteiger partial charge on any atom is -0.493 e. The number of ether oxygens (including phenoxy) is 1. The molecule has 2 aromatic carbocycles. The highest BCUT2D eigenvalue weighted by Gasteiger charge is 2.16. The Hall–Kier alpha value is -2.38. The molecule has 0 bridgehead atoms. The van der Waals surface area contributed by atoms with Crippen molar-refractivity contribution in [2.45, 2.75) is 31.7 Å². The third kappa shape index (κ3) is 5.55. The first kappa shape index (κ1) is 20.9. The molecule has 1 amide bonds. The lowest BCUT2D eigenvalue weighted by atomic mass is 10.1. The Kier molecular flexibility index (Phi) is 6.98. The molecule has 0 saturated carbocycles. The third-order valence-corrected chi connectivity index (χ3v) is 6.16. The Bertz CT molecular complexity index is 891. The molecule has 0 unspecified atom stereocenters. The highest BCUT2D eigenvalue weighted by molar-refractivity contribution is 7.89. The average molecular weight is 391 g/mol. The van der Waals surface area contributed by atoms with Crippen LogP contribution in [0.3, 0.4) is 0 Å². The van der Waals surface area contributed by atoms with Crippen molar-refractivity contribution in [1.82, 2.24) is 9.62 Å². The Labute approximate surface area is 161 Å². The van der Waals surface area contributed by atoms with Gasteiger partial charge in [0.2, 0.25) is 15.9 Å². The van der Waals surface area contributed by atoms with Gasteiger partial charge in [0.15, 0.2) is 0 Å². The molecule has 2 aromatic rings. The number of hydrogen-bond acceptors (Lipinski definition) is 4. The molecule has 0 fully saturated rings. The van der Waals surface area contributed by atoms with E-state index in [4.69, 9.17) is 4.74 Å². The van der Waals surface area contributed by atoms with Gasteiger partial charge in [0.25, 0.3) is 0 Å². The van der Waals surface area contributed by atoms with E-state index in [-0.39, 0.29) is 17.2 Å². The minimum atomic E-state index is -3.44. The lowest BCUT2D eigenvalue weighted by Crippen LogP contribution is -2.25. The number of sulfonamides is 1. The van der Waals surface area contributed by atoms with Gasteiger partial charge in [0.05, 0.1) is 17.9 Å². The molecule has 0 aliphatic carbocycles. The summed E-state index contributed by atoms with van der Waals surface area (Å²) in [6.07, 6.45) is 0.250. The standard InChI is InChI=1S/C20H26N2O4S/c1-15-6-5-7-19(16(15)2)26-13-12-20(23)21-14-17-8-10-18(11-9-17)27(24,25)22(3)4/h5-11H,12-14H2,1-4H3,(H,21,23). The number of aryl methyl sites for hydroxylation is 1. The molecule has 0 aliphatic rings. The van der Waals surface area contributed by atoms with Crippen molar-refractivity contribution < 1.29 is 17.9 Å². The number of nitrogens with one attached hydrogen (secondary N) is 1. The van der Waals surface area contributed by atoms with E-state index in [0.29, 0.717) is 13.2 Å². The third-order valence-electron chi connectivity index (χ3n) is 4.33. The summed E-state index contributed by atoms with van der Waals surface area (Å²) in [7, 11) is -0.461. The van der Waals surface area contributed by atoms with Crippen LogP contribution in [0, 0.1) is 13.8 Å². The zero-order valence-corrected chi connectivity index (χ0v) is 17.0. The van der Waals surface area contributed by atoms with E-state index in [1.807, 2.05) is 32.0 Å². The lowest BCUT2D eigenvalue weighted by molar-refractivity contribution is -0.121. The molecule has 2 rings (SSSR count). The van der Waals surface area contributed by atoms with Crippen molar-refractivity contribution in [3.05, 3.63) is 59.2 Å². The number of benzene rings is 2. The van der Waals surface area contributed by atoms with Gasteiger partial charge in [-0.15, -0.1) is 0 Å². The second-order valence-corrected chi connectivity index (χ2v) is 8.66. The number of hydrogen-bond donors (Lipinski definition) is 1. The van der Waals surface area contributed by atoms with E-state index in [0.717, 1.165) is 22.4 Å². The van der Waals surface area contributed by atoms with E-state index in [1.165, 1.54) is 18.4 Å². The zero-order valence-electron chi connectivity index (χ0n) is 16.2. The van der Waals surface area contributed by atoms with Crippen LogP contribution >= 0.6 is 0 Å². The molecule has 0 aliphatic heterocycles. The fourth-order valence-corrected chi connectivity index (χ4v) is 3.32. The fraction of sp³-hybridized carbons (Fsp3) is 0.350. The van der Waals surface area contributed by atoms with Crippen LogP contribution < -0.4 is 10.1 Å². The van der Waals surface area contributed by atoms with E-state index in [1.54, 1.807) is 24.3 Å². The molecule has 0 heterocycles. The van der Waals surface area contributed by atoms with Crippen LogP contribution in [0.4, 0.5) is 0 Å². The van der Waals surface area contributed by atoms with E-state index >= 15 is 0 Å². The van der Waals surface area contributed by atoms with Gasteiger partial charge in [0, 0.05) is 20.6 Å². The molecule has 7 heteroatoms. The van der Waals surface area contributed by atoms with Crippen molar-refractivity contribution in [3.63, 3.8) is 0 Å². The smallest absolute Gasteiger partial charge is 0.242 e. The van der Waals surface area contributed by atoms with Gasteiger partial charge >= 0.3 is 0 Å². The summed E-state index contributed by atoms with van der Waals surface area (Å²) < 4.78 is 30.9. The summed E-state index contributed by atoms with van der Waals surface area (Å²) in [6, 6.07) is 12.3. The Morgan fingerprint density at radius 2 is 1.74 bits per heavy atom. The molecule has 0 atom stereocenters. The van der Waals surface area contributed by atoms with Gasteiger partial charge in [-0.1, -0.05) is 24.3 Å². The molecule has 0 spiro atoms. The molecule has 0 radical (unpaired) electrons. The van der Waals surface area contributed by atoms with Crippen LogP contribution in [0.25, 0.3) is 0 Å². The van der Waals surface area contributed by atoms with Crippen LogP contribution in [-0.4, -0.2) is 39.3 Å². The highest BCUT2D eigenvalue weighted by atomic mass is 32.2. The second-order valence-electron chi connectivity index (χ2n) is 6.50. The number of rotatable bonds is 8. The largest absolute Gasteiger partial charge is 0.493 e. The molecular weight excluding hydrogens is 364 g/mol. The van der Waals surface area contributed by atoms with E-state index in [2.05, 4.69) is 5.32 Å². The molecule has 27 heavy (non-hydrogen) atoms. The lowest BCUT2D eigenvalue weighted by Gasteiger charge is -2.12. The van der Waals surface area contributed by atoms with Crippen LogP contribution in [-0.2, 0) is 21.4 Å². The zero-order chi connectivity index (χ0) is 20.0. The minimum absolute atomic E-state index is 0.120. The first-order valence-electron chi connectivity index (χ1n) is 8.69. The predicted molar refractivity (Wildman–Crippen MR) is 105 cm³/mol. The number of nitrogens with zero attached hydrogens (tertiary/aromatic N) is 1. The maximum absolute atomic E-state index is 12.0. The van der Waals surface area contributed by atoms with Crippen LogP contribution in [0.2, 0.25) is 0 Å². The van der Waals surface area contributed by atoms with Crippen molar-refractivity contribution in [1.29, 1.82) is 0 Å². The molecular formula is C20H26N2O4S. The predicted octanol–water partition coefficient (Wildman–Crippen LogP) is 2.64. The van der Waals surface area contributed by atoms with Crippen LogP contribution in [0.15, 0.2) is 47.4 Å². The first-order valence-corrected chi connectivity index (χ1v) is 10.1. The number of amides is 1. The normalized spacial score (nSPS) is 11.4. The van der Waals surface area contributed by atoms with Crippen molar-refractivity contribution in [2.24, 2.45) is 0 Å². The first-order chi connectivity index (χ1) is 12.7. The SMILES string of the molecule is Cc1cccc(OCCC(=O)NCc2ccc(S(=O)(=O)N(C)C)cc2)c1C. The second kappa shape index (κ2) is 9.01. The summed E-state index contributed by atoms with van der Waals surface area (Å²) in [5.74, 6) is 0.672. The highest BCUT2D eigenvalue weighted by Crippen LogP contribution is 2.20. The average Bonchev–Trinajstić information content (AvgIpc) is 2.63. The van der Waals surface area contributed by atoms with Gasteiger partial charge in [-0.05, 0) is 48.7 Å². The van der Waals surface area contributed by atoms with Crippen molar-refractivity contribution in [2.75, 3.05) is 20.7 Å². The summed E-state index contributed by atoms with van der Waals surface area (Å²) in [5, 5.41) is 2.81. The maximum atomic E-state index is 12.0. The van der Waals surface area contributed by atoms with E-state index in [9.17, 15) is 13.2 Å². The maximum Gasteiger partial charge on any atom is 0.242 e. The van der Waals surface area contributed by atoms with Crippen molar-refractivity contribution in [3.8, 4) is 5.75 Å². The quantitative estimate of drug-likeness (QED) is 0.752. The van der Waals surface area contributed by atoms with Crippen molar-refractivity contribution >= 4 is 15.9 Å². The van der Waals surface area contributed by atoms with Crippen LogP contribution in [0.1, 0.15) is 23.1 Å². The summed E-state index contributed by atoms with van der Waals surface area (Å²) in [5.41, 5.74) is 3.05. The Morgan fingerprint density at radius 3 is 2.37 bits per heavy atom. The number of carbonyl (C=O) groups is 1. The Balaban J connectivity index is 1.81. The van der Waals surface area contributed by atoms with E-state index < -0.39 is 10.0 Å². The van der Waals surface area contributed by atoms with Crippen LogP contribution in [0.5, 0.6) is 5.75 Å². The van der Waals surface area contributed by atoms with Gasteiger partial charge in [-0.25, -0.2) is 12.7 Å². The fourth-order valence-electron chi connectivity index (χ4n) is 2.41. The van der Waals surface area contributed by atoms with Gasteiger partial charge in [0.1, 0.15) is 5.75 Å². The molecule has 6 nitrogen and oxygen atoms in total. The molecule has 146 valence electrons. The molecule has 0 saturated heterocycles. The van der Waals surface area contributed by atoms with Gasteiger partial charge in [-0.2, -0.15) is 0 Å². The van der Waals surface area contributed by atoms with Gasteiger partial charge < -0.3 is 10.1 Å². The number of carbonyl (C=O) groups excluding carboxylic acids is 1. The summed E-state index contributed by atoms with van der Waals surface area (Å²) in [4.78, 5) is 12.2. The van der Waals surface area contributed by atoms with Gasteiger partial charge in [-0.3, -0.25) is 4.79 Å². The summed E-state index contributed by atoms with van der Waals surface area (Å²) >= 11 is 0.